The number of ether oxygens (including phenoxy) is 1. The van der Waals surface area contributed by atoms with Gasteiger partial charge in [-0.3, -0.25) is 4.79 Å². The third-order valence-electron chi connectivity index (χ3n) is 1.98. The van der Waals surface area contributed by atoms with Crippen LogP contribution in [0.4, 0.5) is 0 Å². The van der Waals surface area contributed by atoms with Crippen LogP contribution in [-0.4, -0.2) is 35.3 Å². The van der Waals surface area contributed by atoms with Crippen LogP contribution >= 0.6 is 0 Å². The average Bonchev–Trinajstić information content (AvgIpc) is 2.43. The summed E-state index contributed by atoms with van der Waals surface area (Å²) in [5.74, 6) is 0.440. The molecular formula is C15H26O4. The van der Waals surface area contributed by atoms with Gasteiger partial charge in [0.1, 0.15) is 11.4 Å². The minimum Gasteiger partial charge on any atom is -0.494 e. The maximum Gasteiger partial charge on any atom is 0.193 e. The summed E-state index contributed by atoms with van der Waals surface area (Å²) in [6.07, 6.45) is 0. The molecule has 1 aromatic carbocycles. The maximum atomic E-state index is 11.6. The Kier molecular flexibility index (Phi) is 11.0. The van der Waals surface area contributed by atoms with Crippen LogP contribution in [0, 0.1) is 0 Å². The Labute approximate surface area is 116 Å². The van der Waals surface area contributed by atoms with Crippen molar-refractivity contribution >= 4 is 5.78 Å². The summed E-state index contributed by atoms with van der Waals surface area (Å²) in [6, 6.07) is 6.77. The summed E-state index contributed by atoms with van der Waals surface area (Å²) < 4.78 is 5.25. The van der Waals surface area contributed by atoms with Crippen LogP contribution in [-0.2, 0) is 0 Å². The van der Waals surface area contributed by atoms with Crippen molar-refractivity contribution in [1.82, 2.24) is 0 Å². The van der Waals surface area contributed by atoms with E-state index in [9.17, 15) is 9.90 Å². The van der Waals surface area contributed by atoms with E-state index in [-0.39, 0.29) is 5.78 Å². The number of aliphatic hydroxyl groups excluding tert-OH is 1. The van der Waals surface area contributed by atoms with Gasteiger partial charge in [0, 0.05) is 12.7 Å². The van der Waals surface area contributed by atoms with E-state index >= 15 is 0 Å². The third kappa shape index (κ3) is 7.59. The Morgan fingerprint density at radius 3 is 1.89 bits per heavy atom. The lowest BCUT2D eigenvalue weighted by molar-refractivity contribution is 0.0488. The van der Waals surface area contributed by atoms with Gasteiger partial charge in [0.05, 0.1) is 6.61 Å². The number of aliphatic hydroxyl groups is 2. The molecule has 0 fully saturated rings. The molecule has 110 valence electrons. The number of hydrogen-bond donors (Lipinski definition) is 2. The first-order valence-corrected chi connectivity index (χ1v) is 6.40. The Morgan fingerprint density at radius 1 is 1.16 bits per heavy atom. The first kappa shape index (κ1) is 19.9. The Bertz CT molecular complexity index is 336. The van der Waals surface area contributed by atoms with Crippen molar-refractivity contribution in [2.24, 2.45) is 0 Å². The van der Waals surface area contributed by atoms with Crippen molar-refractivity contribution in [2.45, 2.75) is 40.2 Å². The van der Waals surface area contributed by atoms with Crippen LogP contribution in [0.25, 0.3) is 0 Å². The second-order valence-electron chi connectivity index (χ2n) is 3.85. The number of rotatable bonds is 4. The smallest absolute Gasteiger partial charge is 0.193 e. The molecule has 1 rings (SSSR count). The van der Waals surface area contributed by atoms with Crippen LogP contribution in [0.1, 0.15) is 45.0 Å². The SMILES string of the molecule is CC.CCOc1ccc(C(=O)C(C)(C)O)cc1.CO. The number of benzene rings is 1. The summed E-state index contributed by atoms with van der Waals surface area (Å²) >= 11 is 0. The number of carbonyl (C=O) groups excluding carboxylic acids is 1. The molecule has 0 bridgehead atoms. The third-order valence-corrected chi connectivity index (χ3v) is 1.98. The first-order chi connectivity index (χ1) is 8.95. The number of hydrogen-bond acceptors (Lipinski definition) is 4. The fraction of sp³-hybridized carbons (Fsp3) is 0.533. The van der Waals surface area contributed by atoms with E-state index in [1.807, 2.05) is 20.8 Å². The van der Waals surface area contributed by atoms with Gasteiger partial charge in [-0.2, -0.15) is 0 Å². The molecule has 0 spiro atoms. The van der Waals surface area contributed by atoms with Gasteiger partial charge in [-0.25, -0.2) is 0 Å². The zero-order chi connectivity index (χ0) is 15.5. The molecule has 0 saturated heterocycles. The summed E-state index contributed by atoms with van der Waals surface area (Å²) in [5.41, 5.74) is -0.835. The molecule has 1 aromatic rings. The van der Waals surface area contributed by atoms with E-state index in [1.165, 1.54) is 13.8 Å². The molecule has 0 amide bonds. The van der Waals surface area contributed by atoms with Crippen molar-refractivity contribution in [3.05, 3.63) is 29.8 Å². The molecule has 2 N–H and O–H groups in total. The lowest BCUT2D eigenvalue weighted by Gasteiger charge is -2.15. The molecule has 19 heavy (non-hydrogen) atoms. The van der Waals surface area contributed by atoms with E-state index in [0.29, 0.717) is 12.2 Å². The molecule has 0 atom stereocenters. The zero-order valence-electron chi connectivity index (χ0n) is 12.7. The largest absolute Gasteiger partial charge is 0.494 e. The molecular weight excluding hydrogens is 244 g/mol. The highest BCUT2D eigenvalue weighted by Crippen LogP contribution is 2.16. The second-order valence-corrected chi connectivity index (χ2v) is 3.85. The van der Waals surface area contributed by atoms with Crippen LogP contribution in [0.3, 0.4) is 0 Å². The van der Waals surface area contributed by atoms with Crippen LogP contribution in [0.15, 0.2) is 24.3 Å². The fourth-order valence-corrected chi connectivity index (χ4v) is 1.22. The highest BCUT2D eigenvalue weighted by molar-refractivity contribution is 6.01. The predicted octanol–water partition coefficient (Wildman–Crippen LogP) is 2.67. The monoisotopic (exact) mass is 270 g/mol. The molecule has 0 aliphatic rings. The Hall–Kier alpha value is -1.39. The van der Waals surface area contributed by atoms with Crippen molar-refractivity contribution < 1.29 is 19.7 Å². The number of ketones is 1. The highest BCUT2D eigenvalue weighted by atomic mass is 16.5. The van der Waals surface area contributed by atoms with E-state index in [0.717, 1.165) is 12.9 Å². The molecule has 0 aliphatic carbocycles. The van der Waals surface area contributed by atoms with Gasteiger partial charge in [-0.15, -0.1) is 0 Å². The molecule has 0 radical (unpaired) electrons. The summed E-state index contributed by atoms with van der Waals surface area (Å²) in [7, 11) is 1.00. The Morgan fingerprint density at radius 2 is 1.58 bits per heavy atom. The van der Waals surface area contributed by atoms with Gasteiger partial charge in [0.25, 0.3) is 0 Å². The van der Waals surface area contributed by atoms with Crippen molar-refractivity contribution in [3.63, 3.8) is 0 Å². The minimum absolute atomic E-state index is 0.287. The normalized spacial score (nSPS) is 9.47. The zero-order valence-corrected chi connectivity index (χ0v) is 12.7. The van der Waals surface area contributed by atoms with Crippen LogP contribution in [0.5, 0.6) is 5.75 Å². The van der Waals surface area contributed by atoms with E-state index in [2.05, 4.69) is 0 Å². The fourth-order valence-electron chi connectivity index (χ4n) is 1.22. The second kappa shape index (κ2) is 10.5. The maximum absolute atomic E-state index is 11.6. The Balaban J connectivity index is 0. The topological polar surface area (TPSA) is 66.8 Å². The van der Waals surface area contributed by atoms with E-state index < -0.39 is 5.60 Å². The van der Waals surface area contributed by atoms with Crippen molar-refractivity contribution in [1.29, 1.82) is 0 Å². The molecule has 0 heterocycles. The number of Topliss-reactive ketones (excluding diaryl/α,β-unsaturated/α-hetero) is 1. The molecule has 0 unspecified atom stereocenters. The molecule has 0 aromatic heterocycles. The predicted molar refractivity (Wildman–Crippen MR) is 77.7 cm³/mol. The molecule has 4 nitrogen and oxygen atoms in total. The van der Waals surface area contributed by atoms with Gasteiger partial charge >= 0.3 is 0 Å². The van der Waals surface area contributed by atoms with Crippen LogP contribution in [0.2, 0.25) is 0 Å². The molecule has 4 heteroatoms. The lowest BCUT2D eigenvalue weighted by atomic mass is 9.97. The van der Waals surface area contributed by atoms with E-state index in [4.69, 9.17) is 9.84 Å². The van der Waals surface area contributed by atoms with Gasteiger partial charge in [0.15, 0.2) is 5.78 Å². The molecule has 0 aliphatic heterocycles. The lowest BCUT2D eigenvalue weighted by Crippen LogP contribution is -2.30. The summed E-state index contributed by atoms with van der Waals surface area (Å²) in [4.78, 5) is 11.6. The molecule has 0 saturated carbocycles. The van der Waals surface area contributed by atoms with Gasteiger partial charge in [0.2, 0.25) is 0 Å². The van der Waals surface area contributed by atoms with Crippen LogP contribution < -0.4 is 4.74 Å². The average molecular weight is 270 g/mol. The quantitative estimate of drug-likeness (QED) is 0.825. The van der Waals surface area contributed by atoms with Gasteiger partial charge in [-0.1, -0.05) is 13.8 Å². The van der Waals surface area contributed by atoms with E-state index in [1.54, 1.807) is 24.3 Å². The van der Waals surface area contributed by atoms with Crippen molar-refractivity contribution in [3.8, 4) is 5.75 Å². The standard InChI is InChI=1S/C12H16O3.C2H6.CH4O/c1-4-15-10-7-5-9(6-8-10)11(13)12(2,3)14;2*1-2/h5-8,14H,4H2,1-3H3;1-2H3;2H,1H3. The number of carbonyl (C=O) groups is 1. The highest BCUT2D eigenvalue weighted by Gasteiger charge is 2.24. The summed E-state index contributed by atoms with van der Waals surface area (Å²) in [6.45, 7) is 9.45. The summed E-state index contributed by atoms with van der Waals surface area (Å²) in [5, 5.41) is 16.5. The first-order valence-electron chi connectivity index (χ1n) is 6.40. The van der Waals surface area contributed by atoms with Gasteiger partial charge < -0.3 is 14.9 Å². The minimum atomic E-state index is -1.33. The van der Waals surface area contributed by atoms with Gasteiger partial charge in [-0.05, 0) is 45.0 Å². The van der Waals surface area contributed by atoms with Crippen molar-refractivity contribution in [2.75, 3.05) is 13.7 Å².